The number of carbonyl (C=O) groups is 2. The number of fused-ring (bicyclic) bond motifs is 1. The highest BCUT2D eigenvalue weighted by Crippen LogP contribution is 2.47. The fraction of sp³-hybridized carbons (Fsp3) is 0.333. The van der Waals surface area contributed by atoms with E-state index in [1.807, 2.05) is 24.3 Å². The number of aliphatic hydroxyl groups excluding tert-OH is 1. The summed E-state index contributed by atoms with van der Waals surface area (Å²) in [5.41, 5.74) is 0.722. The molecule has 1 saturated heterocycles. The molecular formula is C15H14BrNO4S. The van der Waals surface area contributed by atoms with Gasteiger partial charge >= 0.3 is 5.97 Å². The molecule has 1 fully saturated rings. The Morgan fingerprint density at radius 2 is 2.32 bits per heavy atom. The van der Waals surface area contributed by atoms with Gasteiger partial charge in [0.05, 0.1) is 6.61 Å². The minimum atomic E-state index is -0.752. The molecule has 2 heterocycles. The van der Waals surface area contributed by atoms with Gasteiger partial charge in [-0.2, -0.15) is 0 Å². The smallest absolute Gasteiger partial charge is 0.347 e. The van der Waals surface area contributed by atoms with E-state index in [2.05, 4.69) is 15.9 Å². The number of amides is 1. The molecule has 2 aliphatic rings. The summed E-state index contributed by atoms with van der Waals surface area (Å²) < 4.78 is 5.79. The number of ether oxygens (including phenoxy) is 1. The van der Waals surface area contributed by atoms with Crippen LogP contribution in [0.15, 0.2) is 40.1 Å². The van der Waals surface area contributed by atoms with Crippen molar-refractivity contribution in [3.8, 4) is 0 Å². The quantitative estimate of drug-likeness (QED) is 0.641. The number of hydrogen-bond acceptors (Lipinski definition) is 5. The molecule has 116 valence electrons. The van der Waals surface area contributed by atoms with E-state index in [4.69, 9.17) is 4.74 Å². The van der Waals surface area contributed by atoms with Gasteiger partial charge in [-0.15, -0.1) is 11.8 Å². The third kappa shape index (κ3) is 2.42. The summed E-state index contributed by atoms with van der Waals surface area (Å²) in [6, 6.07) is 7.21. The number of esters is 1. The van der Waals surface area contributed by atoms with Gasteiger partial charge in [0.25, 0.3) is 5.91 Å². The Morgan fingerprint density at radius 3 is 3.00 bits per heavy atom. The summed E-state index contributed by atoms with van der Waals surface area (Å²) in [6.45, 7) is 1.83. The fourth-order valence-corrected chi connectivity index (χ4v) is 4.52. The van der Waals surface area contributed by atoms with E-state index >= 15 is 0 Å². The maximum atomic E-state index is 12.6. The topological polar surface area (TPSA) is 66.8 Å². The summed E-state index contributed by atoms with van der Waals surface area (Å²) in [5, 5.41) is 10.0. The lowest BCUT2D eigenvalue weighted by atomic mass is 10.2. The minimum Gasteiger partial charge on any atom is -0.509 e. The summed E-state index contributed by atoms with van der Waals surface area (Å²) in [6.07, 6.45) is 0. The highest BCUT2D eigenvalue weighted by molar-refractivity contribution is 9.10. The predicted molar refractivity (Wildman–Crippen MR) is 86.3 cm³/mol. The monoisotopic (exact) mass is 383 g/mol. The Labute approximate surface area is 140 Å². The number of hydrogen-bond donors (Lipinski definition) is 1. The molecule has 1 N–H and O–H groups in total. The number of aliphatic hydroxyl groups is 1. The second-order valence-corrected chi connectivity index (χ2v) is 6.98. The Kier molecular flexibility index (Phi) is 4.18. The van der Waals surface area contributed by atoms with E-state index in [1.165, 1.54) is 0 Å². The van der Waals surface area contributed by atoms with Crippen LogP contribution in [-0.2, 0) is 14.3 Å². The molecule has 1 amide bonds. The maximum absolute atomic E-state index is 12.6. The van der Waals surface area contributed by atoms with Crippen molar-refractivity contribution in [2.45, 2.75) is 18.3 Å². The molecule has 5 nitrogen and oxygen atoms in total. The van der Waals surface area contributed by atoms with E-state index in [0.717, 1.165) is 10.0 Å². The van der Waals surface area contributed by atoms with Gasteiger partial charge in [0, 0.05) is 10.2 Å². The van der Waals surface area contributed by atoms with Crippen LogP contribution >= 0.6 is 27.7 Å². The minimum absolute atomic E-state index is 0.164. The SMILES string of the molecule is CCOC(=O)C1=C(O)C2CSC(c3cccc(Br)c3)N2C1=O. The highest BCUT2D eigenvalue weighted by Gasteiger charge is 2.50. The van der Waals surface area contributed by atoms with Gasteiger partial charge in [0.1, 0.15) is 17.2 Å². The van der Waals surface area contributed by atoms with Gasteiger partial charge in [-0.25, -0.2) is 4.79 Å². The molecule has 0 bridgehead atoms. The van der Waals surface area contributed by atoms with Crippen LogP contribution in [0.5, 0.6) is 0 Å². The Hall–Kier alpha value is -1.47. The lowest BCUT2D eigenvalue weighted by Gasteiger charge is -2.24. The molecule has 0 spiro atoms. The molecule has 0 saturated carbocycles. The van der Waals surface area contributed by atoms with Gasteiger partial charge < -0.3 is 14.7 Å². The average molecular weight is 384 g/mol. The van der Waals surface area contributed by atoms with Gasteiger partial charge in [0.15, 0.2) is 5.57 Å². The maximum Gasteiger partial charge on any atom is 0.347 e. The zero-order valence-electron chi connectivity index (χ0n) is 11.8. The van der Waals surface area contributed by atoms with Crippen molar-refractivity contribution >= 4 is 39.6 Å². The van der Waals surface area contributed by atoms with Crippen molar-refractivity contribution < 1.29 is 19.4 Å². The molecule has 2 unspecified atom stereocenters. The van der Waals surface area contributed by atoms with Crippen LogP contribution in [0.3, 0.4) is 0 Å². The van der Waals surface area contributed by atoms with E-state index in [9.17, 15) is 14.7 Å². The second kappa shape index (κ2) is 5.96. The summed E-state index contributed by atoms with van der Waals surface area (Å²) >= 11 is 4.99. The van der Waals surface area contributed by atoms with E-state index < -0.39 is 17.9 Å². The largest absolute Gasteiger partial charge is 0.509 e. The third-order valence-electron chi connectivity index (χ3n) is 3.63. The first-order valence-electron chi connectivity index (χ1n) is 6.84. The van der Waals surface area contributed by atoms with E-state index in [0.29, 0.717) is 5.75 Å². The summed E-state index contributed by atoms with van der Waals surface area (Å²) in [7, 11) is 0. The van der Waals surface area contributed by atoms with Gasteiger partial charge in [-0.05, 0) is 24.6 Å². The van der Waals surface area contributed by atoms with Crippen LogP contribution in [-0.4, -0.2) is 40.3 Å². The second-order valence-electron chi connectivity index (χ2n) is 4.95. The first-order valence-corrected chi connectivity index (χ1v) is 8.68. The van der Waals surface area contributed by atoms with Crippen molar-refractivity contribution in [2.75, 3.05) is 12.4 Å². The Bertz CT molecular complexity index is 675. The Morgan fingerprint density at radius 1 is 1.55 bits per heavy atom. The number of benzene rings is 1. The number of halogens is 1. The summed E-state index contributed by atoms with van der Waals surface area (Å²) in [4.78, 5) is 26.0. The first-order chi connectivity index (χ1) is 10.5. The third-order valence-corrected chi connectivity index (χ3v) is 5.45. The first kappa shape index (κ1) is 15.4. The zero-order chi connectivity index (χ0) is 15.9. The fourth-order valence-electron chi connectivity index (χ4n) is 2.68. The molecule has 0 aliphatic carbocycles. The molecule has 1 aromatic rings. The van der Waals surface area contributed by atoms with Crippen molar-refractivity contribution in [2.24, 2.45) is 0 Å². The number of thioether (sulfide) groups is 1. The van der Waals surface area contributed by atoms with Crippen LogP contribution in [0.25, 0.3) is 0 Å². The molecule has 0 radical (unpaired) electrons. The molecule has 2 aliphatic heterocycles. The lowest BCUT2D eigenvalue weighted by molar-refractivity contribution is -0.141. The van der Waals surface area contributed by atoms with E-state index in [1.54, 1.807) is 23.6 Å². The van der Waals surface area contributed by atoms with Crippen molar-refractivity contribution in [1.29, 1.82) is 0 Å². The molecule has 1 aromatic carbocycles. The normalized spacial score (nSPS) is 23.9. The molecule has 3 rings (SSSR count). The molecular weight excluding hydrogens is 370 g/mol. The molecule has 22 heavy (non-hydrogen) atoms. The predicted octanol–water partition coefficient (Wildman–Crippen LogP) is 2.78. The number of rotatable bonds is 3. The van der Waals surface area contributed by atoms with Crippen LogP contribution in [0.2, 0.25) is 0 Å². The van der Waals surface area contributed by atoms with Crippen molar-refractivity contribution in [3.63, 3.8) is 0 Å². The molecule has 2 atom stereocenters. The van der Waals surface area contributed by atoms with Crippen molar-refractivity contribution in [1.82, 2.24) is 4.90 Å². The van der Waals surface area contributed by atoms with Crippen LogP contribution in [0.1, 0.15) is 17.9 Å². The van der Waals surface area contributed by atoms with Crippen LogP contribution in [0.4, 0.5) is 0 Å². The Balaban J connectivity index is 1.92. The average Bonchev–Trinajstić information content (AvgIpc) is 3.01. The molecule has 7 heteroatoms. The molecule has 0 aromatic heterocycles. The van der Waals surface area contributed by atoms with E-state index in [-0.39, 0.29) is 23.3 Å². The van der Waals surface area contributed by atoms with Crippen LogP contribution < -0.4 is 0 Å². The van der Waals surface area contributed by atoms with Crippen LogP contribution in [0, 0.1) is 0 Å². The van der Waals surface area contributed by atoms with Gasteiger partial charge in [-0.1, -0.05) is 28.1 Å². The van der Waals surface area contributed by atoms with Gasteiger partial charge in [0.2, 0.25) is 0 Å². The lowest BCUT2D eigenvalue weighted by Crippen LogP contribution is -2.34. The number of carbonyl (C=O) groups excluding carboxylic acids is 2. The zero-order valence-corrected chi connectivity index (χ0v) is 14.2. The highest BCUT2D eigenvalue weighted by atomic mass is 79.9. The standard InChI is InChI=1S/C15H14BrNO4S/c1-2-21-15(20)11-12(18)10-7-22-14(17(10)13(11)19)8-4-3-5-9(16)6-8/h3-6,10,14,18H,2,7H2,1H3. The van der Waals surface area contributed by atoms with Gasteiger partial charge in [-0.3, -0.25) is 4.79 Å². The summed E-state index contributed by atoms with van der Waals surface area (Å²) in [5.74, 6) is -0.834. The number of nitrogens with zero attached hydrogens (tertiary/aromatic N) is 1. The van der Waals surface area contributed by atoms with Crippen molar-refractivity contribution in [3.05, 3.63) is 45.6 Å².